The van der Waals surface area contributed by atoms with Crippen molar-refractivity contribution >= 4 is 11.1 Å². The summed E-state index contributed by atoms with van der Waals surface area (Å²) in [6.45, 7) is 3.23. The van der Waals surface area contributed by atoms with Crippen molar-refractivity contribution in [3.05, 3.63) is 95.6 Å². The lowest BCUT2D eigenvalue weighted by Gasteiger charge is -2.25. The predicted octanol–water partition coefficient (Wildman–Crippen LogP) is 4.82. The van der Waals surface area contributed by atoms with Gasteiger partial charge in [0.2, 0.25) is 0 Å². The summed E-state index contributed by atoms with van der Waals surface area (Å²) in [5.74, 6) is 3.49. The topological polar surface area (TPSA) is 73.2 Å². The Hall–Kier alpha value is -3.12. The number of ether oxygens (including phenoxy) is 1. The predicted molar refractivity (Wildman–Crippen MR) is 145 cm³/mol. The van der Waals surface area contributed by atoms with E-state index in [9.17, 15) is 15.3 Å². The zero-order valence-corrected chi connectivity index (χ0v) is 21.1. The number of fused-ring (bicyclic) bond motifs is 1. The van der Waals surface area contributed by atoms with Gasteiger partial charge < -0.3 is 20.1 Å². The van der Waals surface area contributed by atoms with Gasteiger partial charge in [0.1, 0.15) is 11.5 Å². The average molecular weight is 498 g/mol. The molecular weight excluding hydrogens is 462 g/mol. The van der Waals surface area contributed by atoms with Crippen molar-refractivity contribution in [3.63, 3.8) is 0 Å². The Morgan fingerprint density at radius 1 is 0.838 bits per heavy atom. The third-order valence-corrected chi connectivity index (χ3v) is 8.64. The maximum Gasteiger partial charge on any atom is 0.119 e. The molecule has 37 heavy (non-hydrogen) atoms. The van der Waals surface area contributed by atoms with Crippen LogP contribution < -0.4 is 4.74 Å². The lowest BCUT2D eigenvalue weighted by atomic mass is 9.87. The van der Waals surface area contributed by atoms with E-state index >= 15 is 0 Å². The number of hydrogen-bond acceptors (Lipinski definition) is 5. The molecule has 4 aliphatic rings. The number of rotatable bonds is 12. The quantitative estimate of drug-likeness (QED) is 0.247. The van der Waals surface area contributed by atoms with Crippen molar-refractivity contribution < 1.29 is 20.1 Å². The molecular formula is C32H35NO4. The largest absolute Gasteiger partial charge is 0.508 e. The van der Waals surface area contributed by atoms with E-state index in [1.54, 1.807) is 12.1 Å². The summed E-state index contributed by atoms with van der Waals surface area (Å²) in [7, 11) is 0. The first-order valence-electron chi connectivity index (χ1n) is 13.5. The number of phenols is 1. The van der Waals surface area contributed by atoms with Crippen molar-refractivity contribution in [2.75, 3.05) is 32.9 Å². The maximum atomic E-state index is 9.88. The summed E-state index contributed by atoms with van der Waals surface area (Å²) in [4.78, 5) is 2.49. The highest BCUT2D eigenvalue weighted by Gasteiger charge is 2.89. The van der Waals surface area contributed by atoms with Crippen LogP contribution in [0, 0.1) is 17.8 Å². The molecule has 3 unspecified atom stereocenters. The Balaban J connectivity index is 1.19. The van der Waals surface area contributed by atoms with E-state index in [-0.39, 0.29) is 17.9 Å². The first kappa shape index (κ1) is 24.2. The van der Waals surface area contributed by atoms with Crippen LogP contribution in [0.25, 0.3) is 11.1 Å². The monoisotopic (exact) mass is 497 g/mol. The van der Waals surface area contributed by atoms with Gasteiger partial charge in [-0.05, 0) is 89.1 Å². The van der Waals surface area contributed by atoms with E-state index in [2.05, 4.69) is 29.2 Å². The van der Waals surface area contributed by atoms with Gasteiger partial charge in [-0.2, -0.15) is 0 Å². The molecule has 2 aliphatic heterocycles. The number of nitrogens with zero attached hydrogens (tertiary/aromatic N) is 1. The number of hydrogen-bond donors (Lipinski definition) is 3. The van der Waals surface area contributed by atoms with E-state index in [0.717, 1.165) is 77.3 Å². The molecule has 3 aromatic rings. The minimum absolute atomic E-state index is 0.130. The lowest BCUT2D eigenvalue weighted by molar-refractivity contribution is 0.116. The number of allylic oxidation sites excluding steroid dienone is 1. The van der Waals surface area contributed by atoms with Crippen LogP contribution in [0.1, 0.15) is 36.0 Å². The van der Waals surface area contributed by atoms with E-state index in [4.69, 9.17) is 4.74 Å². The first-order valence-corrected chi connectivity index (χ1v) is 13.5. The van der Waals surface area contributed by atoms with Gasteiger partial charge >= 0.3 is 0 Å². The van der Waals surface area contributed by atoms with Crippen molar-refractivity contribution in [3.8, 4) is 11.5 Å². The third-order valence-electron chi connectivity index (χ3n) is 8.64. The van der Waals surface area contributed by atoms with Crippen LogP contribution in [-0.4, -0.2) is 58.7 Å². The fraction of sp³-hybridized carbons (Fsp3) is 0.375. The second kappa shape index (κ2) is 9.97. The minimum Gasteiger partial charge on any atom is -0.508 e. The second-order valence-electron chi connectivity index (χ2n) is 10.6. The van der Waals surface area contributed by atoms with Gasteiger partial charge in [0.05, 0.1) is 18.8 Å². The van der Waals surface area contributed by atoms with Gasteiger partial charge in [-0.3, -0.25) is 4.90 Å². The van der Waals surface area contributed by atoms with Gasteiger partial charge in [-0.1, -0.05) is 54.6 Å². The highest BCUT2D eigenvalue weighted by molar-refractivity contribution is 5.98. The van der Waals surface area contributed by atoms with Crippen LogP contribution in [0.15, 0.2) is 78.9 Å². The SMILES string of the molecule is OCCC/C(=C(\c1ccc(O)cc1)c1ccc(OCCCN2CC3C4[C@H]3C42CO)cc1)c1ccccc1. The number of aliphatic hydroxyl groups excluding tert-OH is 2. The molecule has 5 heteroatoms. The van der Waals surface area contributed by atoms with Gasteiger partial charge in [-0.15, -0.1) is 0 Å². The molecule has 4 fully saturated rings. The summed E-state index contributed by atoms with van der Waals surface area (Å²) in [5.41, 5.74) is 5.61. The van der Waals surface area contributed by atoms with Crippen LogP contribution in [-0.2, 0) is 0 Å². The molecule has 0 amide bonds. The first-order chi connectivity index (χ1) is 18.2. The molecule has 2 saturated heterocycles. The standard InChI is InChI=1S/C32H35NO4/c34-18-4-8-27(22-6-2-1-3-7-22)29(23-9-13-25(36)14-10-23)24-11-15-26(16-12-24)37-19-5-17-33-20-28-30-31(28)32(30,33)21-35/h1-3,6-7,9-16,28,30-31,34-36H,4-5,8,17-21H2/b29-27-/t28?,30-,31?,32?/m0/s1. The van der Waals surface area contributed by atoms with Crippen LogP contribution in [0.3, 0.4) is 0 Å². The molecule has 2 heterocycles. The number of aromatic hydroxyl groups is 1. The normalized spacial score (nSPS) is 25.9. The fourth-order valence-electron chi connectivity index (χ4n) is 6.78. The summed E-state index contributed by atoms with van der Waals surface area (Å²) in [6.07, 6.45) is 2.36. The average Bonchev–Trinajstić information content (AvgIpc) is 3.77. The maximum absolute atomic E-state index is 9.88. The Labute approximate surface area is 218 Å². The van der Waals surface area contributed by atoms with Crippen molar-refractivity contribution in [1.29, 1.82) is 0 Å². The summed E-state index contributed by atoms with van der Waals surface area (Å²) < 4.78 is 6.08. The molecule has 7 rings (SSSR count). The Bertz CT molecular complexity index is 1240. The molecule has 0 aromatic heterocycles. The zero-order chi connectivity index (χ0) is 25.4. The Kier molecular flexibility index (Phi) is 6.53. The van der Waals surface area contributed by atoms with Gasteiger partial charge in [0, 0.05) is 19.7 Å². The molecule has 5 nitrogen and oxygen atoms in total. The van der Waals surface area contributed by atoms with E-state index in [1.807, 2.05) is 42.5 Å². The molecule has 2 aliphatic carbocycles. The Morgan fingerprint density at radius 2 is 1.51 bits per heavy atom. The molecule has 3 N–H and O–H groups in total. The lowest BCUT2D eigenvalue weighted by Crippen LogP contribution is -2.39. The van der Waals surface area contributed by atoms with Crippen LogP contribution in [0.2, 0.25) is 0 Å². The van der Waals surface area contributed by atoms with E-state index in [0.29, 0.717) is 19.6 Å². The van der Waals surface area contributed by atoms with E-state index < -0.39 is 0 Å². The van der Waals surface area contributed by atoms with Crippen LogP contribution >= 0.6 is 0 Å². The molecule has 4 atom stereocenters. The molecule has 2 bridgehead atoms. The molecule has 0 spiro atoms. The van der Waals surface area contributed by atoms with Crippen LogP contribution in [0.4, 0.5) is 0 Å². The third kappa shape index (κ3) is 4.35. The van der Waals surface area contributed by atoms with Crippen molar-refractivity contribution in [2.24, 2.45) is 17.8 Å². The van der Waals surface area contributed by atoms with E-state index in [1.165, 1.54) is 0 Å². The summed E-state index contributed by atoms with van der Waals surface area (Å²) in [6, 6.07) is 25.9. The second-order valence-corrected chi connectivity index (χ2v) is 10.6. The van der Waals surface area contributed by atoms with Gasteiger partial charge in [0.15, 0.2) is 0 Å². The summed E-state index contributed by atoms with van der Waals surface area (Å²) >= 11 is 0. The number of piperidine rings is 1. The van der Waals surface area contributed by atoms with Gasteiger partial charge in [-0.25, -0.2) is 0 Å². The van der Waals surface area contributed by atoms with Crippen molar-refractivity contribution in [2.45, 2.75) is 24.8 Å². The number of benzene rings is 3. The number of aliphatic hydroxyl groups is 2. The number of phenolic OH excluding ortho intramolecular Hbond substituents is 1. The summed E-state index contributed by atoms with van der Waals surface area (Å²) in [5, 5.41) is 29.3. The fourth-order valence-corrected chi connectivity index (χ4v) is 6.78. The highest BCUT2D eigenvalue weighted by atomic mass is 16.5. The molecule has 3 aromatic carbocycles. The Morgan fingerprint density at radius 3 is 2.16 bits per heavy atom. The van der Waals surface area contributed by atoms with Crippen molar-refractivity contribution in [1.82, 2.24) is 4.90 Å². The van der Waals surface area contributed by atoms with Crippen LogP contribution in [0.5, 0.6) is 11.5 Å². The van der Waals surface area contributed by atoms with Gasteiger partial charge in [0.25, 0.3) is 0 Å². The highest BCUT2D eigenvalue weighted by Crippen LogP contribution is 2.82. The minimum atomic E-state index is 0.130. The smallest absolute Gasteiger partial charge is 0.119 e. The molecule has 0 radical (unpaired) electrons. The molecule has 192 valence electrons. The molecule has 2 saturated carbocycles. The zero-order valence-electron chi connectivity index (χ0n) is 21.1.